The molecule has 10 heavy (non-hydrogen) atoms. The third kappa shape index (κ3) is 2.76. The van der Waals surface area contributed by atoms with E-state index < -0.39 is 9.12 Å². The highest BCUT2D eigenvalue weighted by Gasteiger charge is 2.39. The quantitative estimate of drug-likeness (QED) is 0.304. The predicted molar refractivity (Wildman–Crippen MR) is 45.6 cm³/mol. The summed E-state index contributed by atoms with van der Waals surface area (Å²) in [5, 5.41) is 0. The molecule has 0 amide bonds. The van der Waals surface area contributed by atoms with Crippen LogP contribution in [0.15, 0.2) is 0 Å². The van der Waals surface area contributed by atoms with Gasteiger partial charge in [-0.25, -0.2) is 0 Å². The monoisotopic (exact) mass is 164 g/mol. The highest BCUT2D eigenvalue weighted by atomic mass is 28.3. The zero-order chi connectivity index (χ0) is 8.58. The summed E-state index contributed by atoms with van der Waals surface area (Å²) in [6.07, 6.45) is 0. The van der Waals surface area contributed by atoms with Gasteiger partial charge in [0.15, 0.2) is 0 Å². The van der Waals surface area contributed by atoms with Crippen molar-refractivity contribution in [3.63, 3.8) is 0 Å². The van der Waals surface area contributed by atoms with Gasteiger partial charge in [-0.05, 0) is 0 Å². The Labute approximate surface area is 64.9 Å². The normalized spacial score (nSPS) is 14.4. The van der Waals surface area contributed by atoms with E-state index in [0.717, 1.165) is 0 Å². The zero-order valence-electron chi connectivity index (χ0n) is 7.63. The van der Waals surface area contributed by atoms with E-state index in [4.69, 9.17) is 11.7 Å². The van der Waals surface area contributed by atoms with Crippen molar-refractivity contribution in [2.45, 2.75) is 6.55 Å². The van der Waals surface area contributed by atoms with Crippen LogP contribution in [0.4, 0.5) is 0 Å². The zero-order valence-corrected chi connectivity index (χ0v) is 8.78. The minimum atomic E-state index is -1.15. The summed E-state index contributed by atoms with van der Waals surface area (Å²) in [6, 6.07) is 0. The maximum atomic E-state index is 5.87. The summed E-state index contributed by atoms with van der Waals surface area (Å²) >= 11 is 0. The third-order valence-electron chi connectivity index (χ3n) is 1.93. The fourth-order valence-electron chi connectivity index (χ4n) is 0.767. The minimum absolute atomic E-state index is 0.531. The summed E-state index contributed by atoms with van der Waals surface area (Å²) in [4.78, 5) is 0. The van der Waals surface area contributed by atoms with Gasteiger partial charge in [0, 0.05) is 6.55 Å². The Morgan fingerprint density at radius 2 is 1.10 bits per heavy atom. The minimum Gasteiger partial charge on any atom is -0.265 e. The van der Waals surface area contributed by atoms with Crippen molar-refractivity contribution in [3.05, 3.63) is 0 Å². The molecule has 0 saturated heterocycles. The molecule has 4 N–H and O–H groups in total. The molecule has 0 aliphatic heterocycles. The molecule has 0 spiro atoms. The second kappa shape index (κ2) is 2.59. The Morgan fingerprint density at radius 3 is 1.10 bits per heavy atom. The van der Waals surface area contributed by atoms with Gasteiger partial charge >= 0.3 is 9.12 Å². The summed E-state index contributed by atoms with van der Waals surface area (Å²) in [5.74, 6) is 11.7. The van der Waals surface area contributed by atoms with Crippen LogP contribution in [-0.4, -0.2) is 45.8 Å². The van der Waals surface area contributed by atoms with Crippen molar-refractivity contribution in [3.8, 4) is 0 Å². The molecular weight excluding hydrogens is 144 g/mol. The SMILES string of the molecule is C[SiH]([N+](C)(C)N)[N+](C)(C)N. The van der Waals surface area contributed by atoms with E-state index in [9.17, 15) is 0 Å². The van der Waals surface area contributed by atoms with Crippen LogP contribution in [0, 0.1) is 0 Å². The summed E-state index contributed by atoms with van der Waals surface area (Å²) in [7, 11) is 6.81. The highest BCUT2D eigenvalue weighted by molar-refractivity contribution is 6.40. The Hall–Kier alpha value is 0.0569. The Morgan fingerprint density at radius 1 is 0.900 bits per heavy atom. The molecule has 0 aromatic carbocycles. The molecule has 0 unspecified atom stereocenters. The standard InChI is InChI=1S/C5H20N4Si/c1-8(2,6)10(5)9(3,4)7/h10H,6-7H2,1-5H3/q+2. The first-order chi connectivity index (χ1) is 4.15. The van der Waals surface area contributed by atoms with Crippen molar-refractivity contribution in [2.75, 3.05) is 28.2 Å². The lowest BCUT2D eigenvalue weighted by Crippen LogP contribution is -2.72. The summed E-state index contributed by atoms with van der Waals surface area (Å²) in [6.45, 7) is 2.17. The largest absolute Gasteiger partial charge is 0.541 e. The molecule has 0 saturated carbocycles. The number of nitrogens with two attached hydrogens (primary N) is 2. The van der Waals surface area contributed by atoms with Gasteiger partial charge in [0.2, 0.25) is 0 Å². The van der Waals surface area contributed by atoms with E-state index in [1.165, 1.54) is 0 Å². The number of hydrogen-bond acceptors (Lipinski definition) is 2. The molecule has 0 aliphatic rings. The fourth-order valence-corrected chi connectivity index (χ4v) is 2.30. The summed E-state index contributed by atoms with van der Waals surface area (Å²) in [5.41, 5.74) is 0. The molecule has 0 aliphatic carbocycles. The van der Waals surface area contributed by atoms with Crippen molar-refractivity contribution < 1.29 is 8.52 Å². The molecule has 0 fully saturated rings. The topological polar surface area (TPSA) is 52.0 Å². The smallest absolute Gasteiger partial charge is 0.265 e. The van der Waals surface area contributed by atoms with Gasteiger partial charge in [-0.3, -0.25) is 8.52 Å². The molecule has 5 heteroatoms. The highest BCUT2D eigenvalue weighted by Crippen LogP contribution is 2.00. The van der Waals surface area contributed by atoms with Crippen LogP contribution in [0.5, 0.6) is 0 Å². The van der Waals surface area contributed by atoms with E-state index >= 15 is 0 Å². The molecular formula is C5H20N4Si+2. The van der Waals surface area contributed by atoms with Crippen LogP contribution in [-0.2, 0) is 0 Å². The first-order valence-corrected chi connectivity index (χ1v) is 5.59. The molecule has 0 bridgehead atoms. The maximum absolute atomic E-state index is 5.87. The van der Waals surface area contributed by atoms with Gasteiger partial charge in [0.25, 0.3) is 0 Å². The average Bonchev–Trinajstić information content (AvgIpc) is 1.59. The van der Waals surface area contributed by atoms with Crippen LogP contribution < -0.4 is 11.7 Å². The lowest BCUT2D eigenvalue weighted by atomic mass is 11.2. The van der Waals surface area contributed by atoms with Gasteiger partial charge in [-0.1, -0.05) is 0 Å². The van der Waals surface area contributed by atoms with E-state index in [1.54, 1.807) is 0 Å². The molecule has 0 rings (SSSR count). The van der Waals surface area contributed by atoms with Crippen LogP contribution in [0.25, 0.3) is 0 Å². The van der Waals surface area contributed by atoms with Crippen molar-refractivity contribution >= 4 is 9.12 Å². The molecule has 0 radical (unpaired) electrons. The molecule has 4 nitrogen and oxygen atoms in total. The van der Waals surface area contributed by atoms with Crippen molar-refractivity contribution in [1.29, 1.82) is 0 Å². The maximum Gasteiger partial charge on any atom is 0.541 e. The Balaban J connectivity index is 4.23. The van der Waals surface area contributed by atoms with Gasteiger partial charge in [0.1, 0.15) is 0 Å². The number of quaternary nitrogens is 2. The summed E-state index contributed by atoms with van der Waals surface area (Å²) < 4.78 is 1.06. The second-order valence-corrected chi connectivity index (χ2v) is 7.82. The molecule has 0 aromatic rings. The van der Waals surface area contributed by atoms with E-state index in [0.29, 0.717) is 8.52 Å². The second-order valence-electron chi connectivity index (χ2n) is 3.89. The molecule has 0 atom stereocenters. The van der Waals surface area contributed by atoms with Crippen molar-refractivity contribution in [1.82, 2.24) is 0 Å². The van der Waals surface area contributed by atoms with Crippen LogP contribution >= 0.6 is 0 Å². The lowest BCUT2D eigenvalue weighted by Gasteiger charge is -2.36. The third-order valence-corrected chi connectivity index (χ3v) is 5.78. The Kier molecular flexibility index (Phi) is 2.61. The van der Waals surface area contributed by atoms with E-state index in [2.05, 4.69) is 6.55 Å². The molecule has 0 heterocycles. The first kappa shape index (κ1) is 10.1. The van der Waals surface area contributed by atoms with E-state index in [-0.39, 0.29) is 0 Å². The fraction of sp³-hybridized carbons (Fsp3) is 1.00. The number of hydrogen-bond donors (Lipinski definition) is 2. The average molecular weight is 164 g/mol. The molecule has 62 valence electrons. The lowest BCUT2D eigenvalue weighted by molar-refractivity contribution is -0.912. The van der Waals surface area contributed by atoms with Gasteiger partial charge in [-0.2, -0.15) is 11.7 Å². The van der Waals surface area contributed by atoms with Crippen LogP contribution in [0.3, 0.4) is 0 Å². The molecule has 0 aromatic heterocycles. The first-order valence-electron chi connectivity index (χ1n) is 3.40. The van der Waals surface area contributed by atoms with Gasteiger partial charge in [0.05, 0.1) is 28.2 Å². The number of rotatable bonds is 2. The predicted octanol–water partition coefficient (Wildman–Crippen LogP) is -1.26. The Bertz CT molecular complexity index is 97.8. The number of nitrogens with zero attached hydrogens (tertiary/aromatic N) is 2. The van der Waals surface area contributed by atoms with Crippen molar-refractivity contribution in [2.24, 2.45) is 11.7 Å². The van der Waals surface area contributed by atoms with Gasteiger partial charge in [-0.15, -0.1) is 0 Å². The van der Waals surface area contributed by atoms with E-state index in [1.807, 2.05) is 28.2 Å². The van der Waals surface area contributed by atoms with Gasteiger partial charge < -0.3 is 0 Å². The van der Waals surface area contributed by atoms with Crippen LogP contribution in [0.1, 0.15) is 0 Å². The van der Waals surface area contributed by atoms with Crippen LogP contribution in [0.2, 0.25) is 6.55 Å².